The zero-order chi connectivity index (χ0) is 3.58. The topological polar surface area (TPSA) is 20.2 Å². The van der Waals surface area contributed by atoms with Crippen molar-refractivity contribution in [2.45, 2.75) is 0 Å². The monoisotopic (exact) mass is 97.9 g/mol. The minimum atomic E-state index is -2.43. The molecule has 1 N–H and O–H groups in total. The van der Waals surface area contributed by atoms with Gasteiger partial charge in [-0.1, -0.05) is 0 Å². The average molecular weight is 98.0 g/mol. The van der Waals surface area contributed by atoms with Crippen LogP contribution in [-0.4, -0.2) is 4.89 Å². The summed E-state index contributed by atoms with van der Waals surface area (Å²) in [5, 5.41) is 0. The summed E-state index contributed by atoms with van der Waals surface area (Å²) in [6.45, 7) is 0. The van der Waals surface area contributed by atoms with Crippen molar-refractivity contribution in [1.82, 2.24) is 0 Å². The Hall–Kier alpha value is 0.620. The molecule has 0 aromatic rings. The molecule has 0 heterocycles. The van der Waals surface area contributed by atoms with Gasteiger partial charge in [-0.3, -0.25) is 0 Å². The van der Waals surface area contributed by atoms with E-state index in [4.69, 9.17) is 4.89 Å². The fourth-order valence-electron chi connectivity index (χ4n) is 0. The summed E-state index contributed by atoms with van der Waals surface area (Å²) in [6.07, 6.45) is 0. The van der Waals surface area contributed by atoms with E-state index >= 15 is 0 Å². The van der Waals surface area contributed by atoms with E-state index in [1.54, 1.807) is 0 Å². The first kappa shape index (κ1) is 4.62. The third-order valence-electron chi connectivity index (χ3n) is 0. The Morgan fingerprint density at radius 2 is 2.00 bits per heavy atom. The van der Waals surface area contributed by atoms with Crippen LogP contribution in [0.25, 0.3) is 0 Å². The van der Waals surface area contributed by atoms with Gasteiger partial charge in [-0.25, -0.2) is 0 Å². The van der Waals surface area contributed by atoms with Crippen molar-refractivity contribution in [2.75, 3.05) is 0 Å². The van der Waals surface area contributed by atoms with E-state index in [1.165, 1.54) is 0 Å². The van der Waals surface area contributed by atoms with Crippen molar-refractivity contribution in [3.63, 3.8) is 0 Å². The second-order valence-electron chi connectivity index (χ2n) is 0.241. The molecule has 0 aliphatic carbocycles. The van der Waals surface area contributed by atoms with Crippen LogP contribution in [0.3, 0.4) is 0 Å². The molecule has 0 aliphatic heterocycles. The molecule has 0 fully saturated rings. The molecule has 0 saturated carbocycles. The van der Waals surface area contributed by atoms with Crippen molar-refractivity contribution >= 4 is 15.9 Å². The number of rotatable bonds is 0. The van der Waals surface area contributed by atoms with Gasteiger partial charge in [0.2, 0.25) is 0 Å². The maximum atomic E-state index is 10.5. The summed E-state index contributed by atoms with van der Waals surface area (Å²) in [5.74, 6) is 0. The molecule has 0 saturated heterocycles. The van der Waals surface area contributed by atoms with Crippen LogP contribution in [0.5, 0.6) is 0 Å². The summed E-state index contributed by atoms with van der Waals surface area (Å²) < 4.78 is 10.5. The molecule has 0 aromatic heterocycles. The SMILES string of the molecule is OP(F)#P. The second kappa shape index (κ2) is 1.90. The van der Waals surface area contributed by atoms with Crippen LogP contribution in [0.4, 0.5) is 4.20 Å². The maximum absolute atomic E-state index is 10.5. The second-order valence-corrected chi connectivity index (χ2v) is 1.71. The standard InChI is InChI=1S/FHOP2/c1-4(2)3/h2H. The summed E-state index contributed by atoms with van der Waals surface area (Å²) in [4.78, 5) is 7.32. The molecule has 0 rings (SSSR count). The number of hydrogen-bond acceptors (Lipinski definition) is 1. The molecule has 1 nitrogen and oxygen atoms in total. The molecule has 0 radical (unpaired) electrons. The molecular weight excluding hydrogens is 96.9 g/mol. The van der Waals surface area contributed by atoms with E-state index in [9.17, 15) is 4.20 Å². The van der Waals surface area contributed by atoms with Gasteiger partial charge >= 0.3 is 25.0 Å². The van der Waals surface area contributed by atoms with Crippen LogP contribution < -0.4 is 0 Å². The minimum absolute atomic E-state index is 2.43. The predicted octanol–water partition coefficient (Wildman–Crippen LogP) is 1.59. The van der Waals surface area contributed by atoms with E-state index in [0.29, 0.717) is 0 Å². The van der Waals surface area contributed by atoms with Gasteiger partial charge in [-0.05, 0) is 0 Å². The summed E-state index contributed by atoms with van der Waals surface area (Å²) in [6, 6.07) is 0. The molecule has 4 heavy (non-hydrogen) atoms. The van der Waals surface area contributed by atoms with Crippen LogP contribution in [0.15, 0.2) is 0 Å². The predicted molar refractivity (Wildman–Crippen MR) is 17.2 cm³/mol. The third-order valence-corrected chi connectivity index (χ3v) is 0. The molecule has 0 aliphatic rings. The molecule has 1 atom stereocenters. The molecule has 1 unspecified atom stereocenters. The average Bonchev–Trinajstić information content (AvgIpc) is 0.811. The van der Waals surface area contributed by atoms with Crippen molar-refractivity contribution in [1.29, 1.82) is 0 Å². The van der Waals surface area contributed by atoms with Crippen molar-refractivity contribution < 1.29 is 9.09 Å². The zero-order valence-electron chi connectivity index (χ0n) is 1.72. The first-order chi connectivity index (χ1) is 1.73. The molecule has 24 valence electrons. The molecule has 4 heteroatoms. The van der Waals surface area contributed by atoms with Crippen LogP contribution in [-0.2, 0) is 0 Å². The Bertz CT molecular complexity index is 52.2. The molecule has 0 bridgehead atoms. The third kappa shape index (κ3) is 17.9. The quantitative estimate of drug-likeness (QED) is 0.456. The Morgan fingerprint density at radius 1 is 2.00 bits per heavy atom. The van der Waals surface area contributed by atoms with Crippen LogP contribution in [0.2, 0.25) is 0 Å². The fourth-order valence-corrected chi connectivity index (χ4v) is 0. The Labute approximate surface area is 26.1 Å². The molecule has 0 spiro atoms. The van der Waals surface area contributed by atoms with Crippen molar-refractivity contribution in [3.05, 3.63) is 0 Å². The molecule has 0 aromatic carbocycles. The Morgan fingerprint density at radius 3 is 2.00 bits per heavy atom. The van der Waals surface area contributed by atoms with Gasteiger partial charge in [-0.2, -0.15) is 0 Å². The van der Waals surface area contributed by atoms with Crippen molar-refractivity contribution in [2.24, 2.45) is 0 Å². The van der Waals surface area contributed by atoms with Gasteiger partial charge in [0.1, 0.15) is 0 Å². The van der Waals surface area contributed by atoms with Gasteiger partial charge in [-0.15, -0.1) is 0 Å². The summed E-state index contributed by atoms with van der Waals surface area (Å²) in [7, 11) is 0.494. The van der Waals surface area contributed by atoms with Crippen molar-refractivity contribution in [3.8, 4) is 0 Å². The first-order valence-electron chi connectivity index (χ1n) is 0.569. The van der Waals surface area contributed by atoms with Crippen LogP contribution in [0, 0.1) is 0 Å². The molecular formula is HFOP2. The van der Waals surface area contributed by atoms with E-state index in [1.807, 2.05) is 0 Å². The number of halogens is 1. The van der Waals surface area contributed by atoms with Crippen LogP contribution >= 0.6 is 15.9 Å². The Balaban J connectivity index is 3.02. The van der Waals surface area contributed by atoms with E-state index < -0.39 is 7.56 Å². The van der Waals surface area contributed by atoms with E-state index in [2.05, 4.69) is 8.34 Å². The van der Waals surface area contributed by atoms with Gasteiger partial charge < -0.3 is 0 Å². The van der Waals surface area contributed by atoms with Gasteiger partial charge in [0.25, 0.3) is 0 Å². The zero-order valence-corrected chi connectivity index (χ0v) is 3.51. The Kier molecular flexibility index (Phi) is 2.19. The molecule has 0 amide bonds. The normalized spacial score (nSPS) is 10.8. The van der Waals surface area contributed by atoms with Gasteiger partial charge in [0, 0.05) is 0 Å². The fraction of sp³-hybridized carbons (Fsp3) is 0. The number of hydrogen-bond donors (Lipinski definition) is 1. The van der Waals surface area contributed by atoms with E-state index in [0.717, 1.165) is 0 Å². The summed E-state index contributed by atoms with van der Waals surface area (Å²) >= 11 is 0. The van der Waals surface area contributed by atoms with Gasteiger partial charge in [0.15, 0.2) is 0 Å². The van der Waals surface area contributed by atoms with Gasteiger partial charge in [0.05, 0.1) is 0 Å². The summed E-state index contributed by atoms with van der Waals surface area (Å²) in [5.41, 5.74) is 0. The van der Waals surface area contributed by atoms with E-state index in [-0.39, 0.29) is 0 Å². The van der Waals surface area contributed by atoms with Crippen LogP contribution in [0.1, 0.15) is 0 Å². The first-order valence-corrected chi connectivity index (χ1v) is 2.91.